The smallest absolute Gasteiger partial charge is 0 e. The van der Waals surface area contributed by atoms with E-state index in [1.54, 1.807) is 0 Å². The summed E-state index contributed by atoms with van der Waals surface area (Å²) >= 11 is 0. The summed E-state index contributed by atoms with van der Waals surface area (Å²) in [5, 5.41) is 0. The second-order valence-corrected chi connectivity index (χ2v) is 0.204. The van der Waals surface area contributed by atoms with Crippen molar-refractivity contribution in [1.82, 2.24) is 0 Å². The van der Waals surface area contributed by atoms with E-state index in [0.29, 0.717) is 0 Å². The van der Waals surface area contributed by atoms with Gasteiger partial charge in [-0.3, -0.25) is 6.29 Å². The van der Waals surface area contributed by atoms with Crippen LogP contribution in [0.2, 0.25) is 0 Å². The molecule has 0 unspecified atom stereocenters. The Labute approximate surface area is 19.3 Å². The van der Waals surface area contributed by atoms with Crippen molar-refractivity contribution in [3.05, 3.63) is 0 Å². The SMILES string of the molecule is C[C-]=O.[Rf]. The Morgan fingerprint density at radius 2 is 1.75 bits per heavy atom. The minimum absolute atomic E-state index is 0. The summed E-state index contributed by atoms with van der Waals surface area (Å²) < 4.78 is 0. The van der Waals surface area contributed by atoms with Gasteiger partial charge in [0.05, 0.1) is 0 Å². The first-order chi connectivity index (χ1) is 1.41. The summed E-state index contributed by atoms with van der Waals surface area (Å²) in [6, 6.07) is 0. The van der Waals surface area contributed by atoms with Crippen LogP contribution in [0.3, 0.4) is 0 Å². The van der Waals surface area contributed by atoms with Gasteiger partial charge in [0.25, 0.3) is 0 Å². The zero-order valence-corrected chi connectivity index (χ0v) is 9.01. The van der Waals surface area contributed by atoms with Crippen LogP contribution in [0.25, 0.3) is 0 Å². The predicted octanol–water partition coefficient (Wildman–Crippen LogP) is 0.116. The minimum atomic E-state index is 0. The van der Waals surface area contributed by atoms with Gasteiger partial charge in [0, 0.05) is 0 Å². The van der Waals surface area contributed by atoms with E-state index in [9.17, 15) is 0 Å². The molecule has 0 aromatic carbocycles. The molecule has 0 aliphatic rings. The Morgan fingerprint density at radius 3 is 1.75 bits per heavy atom. The van der Waals surface area contributed by atoms with E-state index in [2.05, 4.69) is 0 Å². The van der Waals surface area contributed by atoms with E-state index in [4.69, 9.17) is 4.79 Å². The van der Waals surface area contributed by atoms with Gasteiger partial charge in [-0.1, -0.05) is 0 Å². The van der Waals surface area contributed by atoms with E-state index >= 15 is 0 Å². The van der Waals surface area contributed by atoms with Crippen LogP contribution >= 0.6 is 0 Å². The summed E-state index contributed by atoms with van der Waals surface area (Å²) in [7, 11) is 0. The molecule has 0 aromatic rings. The number of hydrogen-bond acceptors (Lipinski definition) is 1. The standard InChI is InChI=1S/C2H3O.Rf/c1-2-3;/h1H3;/q-1;. The molecule has 0 spiro atoms. The van der Waals surface area contributed by atoms with Crippen LogP contribution in [0.4, 0.5) is 0 Å². The van der Waals surface area contributed by atoms with Gasteiger partial charge in [-0.05, 0) is 0 Å². The summed E-state index contributed by atoms with van der Waals surface area (Å²) in [6.07, 6.45) is 1.50. The molecule has 2 heteroatoms. The van der Waals surface area contributed by atoms with Gasteiger partial charge >= 0.3 is 0 Å². The number of hydrogen-bond donors (Lipinski definition) is 0. The summed E-state index contributed by atoms with van der Waals surface area (Å²) in [5.41, 5.74) is 0. The van der Waals surface area contributed by atoms with Crippen molar-refractivity contribution in [3.63, 3.8) is 0 Å². The molecule has 0 N–H and O–H groups in total. The quantitative estimate of drug-likeness (QED) is 0.581. The van der Waals surface area contributed by atoms with Crippen LogP contribution in [0, 0.1) is 0 Å². The summed E-state index contributed by atoms with van der Waals surface area (Å²) in [4.78, 5) is 8.68. The van der Waals surface area contributed by atoms with Gasteiger partial charge in [-0.25, -0.2) is 0 Å². The largest absolute Gasteiger partial charge is 0.542 e. The fourth-order valence-corrected chi connectivity index (χ4v) is 0. The van der Waals surface area contributed by atoms with E-state index in [-0.39, 0.29) is 0 Å². The van der Waals surface area contributed by atoms with Crippen LogP contribution in [0.5, 0.6) is 0 Å². The molecular weight excluding hydrogens is 307 g/mol. The second kappa shape index (κ2) is 6.88. The topological polar surface area (TPSA) is 17.1 Å². The molecule has 0 fully saturated rings. The van der Waals surface area contributed by atoms with Crippen molar-refractivity contribution >= 4 is 6.29 Å². The van der Waals surface area contributed by atoms with Gasteiger partial charge in [0.1, 0.15) is 0 Å². The Bertz CT molecular complexity index is 13.5. The minimum Gasteiger partial charge on any atom is -0.542 e. The Hall–Kier alpha value is -1.33. The molecule has 0 atom stereocenters. The van der Waals surface area contributed by atoms with Gasteiger partial charge in [0.15, 0.2) is 0 Å². The number of carbonyl (C=O) groups excluding carboxylic acids is 1. The molecule has 0 rings (SSSR count). The zero-order chi connectivity index (χ0) is 2.71. The zero-order valence-electron chi connectivity index (χ0n) is 2.62. The maximum atomic E-state index is 8.68. The fraction of sp³-hybridized carbons (Fsp3) is 0.500. The molecule has 0 aliphatic heterocycles. The van der Waals surface area contributed by atoms with Crippen molar-refractivity contribution in [2.45, 2.75) is 6.92 Å². The normalized spacial score (nSPS) is 3.25. The van der Waals surface area contributed by atoms with Crippen LogP contribution < -0.4 is 0 Å². The van der Waals surface area contributed by atoms with E-state index in [1.807, 2.05) is 0 Å². The maximum Gasteiger partial charge on any atom is 0 e. The van der Waals surface area contributed by atoms with Crippen LogP contribution in [-0.2, 0) is 4.79 Å². The van der Waals surface area contributed by atoms with E-state index in [1.165, 1.54) is 13.2 Å². The third-order valence-electron chi connectivity index (χ3n) is 0. The first-order valence-electron chi connectivity index (χ1n) is 0.704. The molecule has 0 aliphatic carbocycles. The average Bonchev–Trinajstić information content (AvgIpc) is 0.918. The van der Waals surface area contributed by atoms with Crippen molar-refractivity contribution in [3.8, 4) is 0 Å². The molecule has 0 bridgehead atoms. The molecule has 1 nitrogen and oxygen atoms in total. The molecule has 0 amide bonds. The van der Waals surface area contributed by atoms with E-state index in [0.717, 1.165) is 0 Å². The molecule has 4 heavy (non-hydrogen) atoms. The van der Waals surface area contributed by atoms with Gasteiger partial charge in [-0.15, -0.1) is 0 Å². The Morgan fingerprint density at radius 1 is 1.75 bits per heavy atom. The number of rotatable bonds is 0. The third kappa shape index (κ3) is 0.0412. The molecule has 0 aromatic heterocycles. The molecule has 0 saturated heterocycles. The van der Waals surface area contributed by atoms with Crippen molar-refractivity contribution in [2.75, 3.05) is 0 Å². The molecule has 0 heterocycles. The third-order valence-corrected chi connectivity index (χ3v) is 0. The van der Waals surface area contributed by atoms with Gasteiger partial charge < -0.3 is 4.79 Å². The monoisotopic (exact) mass is 310 g/mol. The van der Waals surface area contributed by atoms with Crippen molar-refractivity contribution in [1.29, 1.82) is 0 Å². The Balaban J connectivity index is 0. The van der Waals surface area contributed by atoms with Crippen LogP contribution in [-0.4, -0.2) is 6.29 Å². The molecular formula is C2H3ORf-. The first kappa shape index (κ1) is 16.6. The van der Waals surface area contributed by atoms with Gasteiger partial charge in [-0.2, -0.15) is 6.92 Å². The maximum absolute atomic E-state index is 8.68. The van der Waals surface area contributed by atoms with E-state index < -0.39 is 0 Å². The Kier molecular flexibility index (Phi) is 28.5. The first-order valence-corrected chi connectivity index (χ1v) is 0.704. The van der Waals surface area contributed by atoms with Crippen molar-refractivity contribution in [2.24, 2.45) is 0 Å². The van der Waals surface area contributed by atoms with Gasteiger partial charge in [0.2, 0.25) is 0 Å². The van der Waals surface area contributed by atoms with Crippen LogP contribution in [0.1, 0.15) is 6.92 Å². The summed E-state index contributed by atoms with van der Waals surface area (Å²) in [6.45, 7) is 1.32. The molecule has 0 radical (unpaired) electrons. The molecule has 20 valence electrons. The average molecular weight is 310 g/mol. The van der Waals surface area contributed by atoms with Crippen molar-refractivity contribution < 1.29 is 4.79 Å². The van der Waals surface area contributed by atoms with Crippen LogP contribution in [0.15, 0.2) is 0 Å². The predicted molar refractivity (Wildman–Crippen MR) is 11.4 cm³/mol. The molecule has 0 saturated carbocycles. The second-order valence-electron chi connectivity index (χ2n) is 0.204. The summed E-state index contributed by atoms with van der Waals surface area (Å²) in [5.74, 6) is 0. The fourth-order valence-electron chi connectivity index (χ4n) is 0.